The number of carbonyl (C=O) groups excluding carboxylic acids is 1. The number of carbonyl (C=O) groups is 1. The fourth-order valence-corrected chi connectivity index (χ4v) is 2.96. The molecule has 2 aromatic rings. The minimum atomic E-state index is -0.333. The number of hydrogen-bond donors (Lipinski definition) is 2. The van der Waals surface area contributed by atoms with Gasteiger partial charge < -0.3 is 15.4 Å². The van der Waals surface area contributed by atoms with E-state index in [1.807, 2.05) is 18.2 Å². The summed E-state index contributed by atoms with van der Waals surface area (Å²) in [6.07, 6.45) is 1.06. The van der Waals surface area contributed by atoms with Crippen molar-refractivity contribution in [3.8, 4) is 5.75 Å². The van der Waals surface area contributed by atoms with E-state index in [0.29, 0.717) is 17.2 Å². The lowest BCUT2D eigenvalue weighted by Crippen LogP contribution is -2.50. The van der Waals surface area contributed by atoms with Crippen molar-refractivity contribution in [1.82, 2.24) is 10.6 Å². The third-order valence-electron chi connectivity index (χ3n) is 4.53. The topological polar surface area (TPSA) is 50.4 Å². The molecule has 0 aromatic heterocycles. The number of nitrogens with one attached hydrogen (secondary N) is 2. The van der Waals surface area contributed by atoms with Crippen LogP contribution in [-0.4, -0.2) is 25.0 Å². The maximum atomic E-state index is 13.2. The molecule has 1 heterocycles. The highest BCUT2D eigenvalue weighted by Crippen LogP contribution is 2.16. The Bertz CT molecular complexity index is 735. The molecule has 0 saturated carbocycles. The van der Waals surface area contributed by atoms with Gasteiger partial charge in [-0.3, -0.25) is 4.79 Å². The lowest BCUT2D eigenvalue weighted by molar-refractivity contribution is 0.0915. The minimum Gasteiger partial charge on any atom is -0.489 e. The van der Waals surface area contributed by atoms with Crippen LogP contribution in [-0.2, 0) is 6.61 Å². The first-order valence-electron chi connectivity index (χ1n) is 8.61. The number of piperidine rings is 1. The fraction of sp³-hybridized carbons (Fsp3) is 0.350. The van der Waals surface area contributed by atoms with Crippen molar-refractivity contribution < 1.29 is 13.9 Å². The summed E-state index contributed by atoms with van der Waals surface area (Å²) in [6, 6.07) is 13.5. The monoisotopic (exact) mass is 342 g/mol. The minimum absolute atomic E-state index is 0.0758. The number of halogens is 1. The van der Waals surface area contributed by atoms with Crippen molar-refractivity contribution in [3.05, 3.63) is 65.5 Å². The number of amides is 1. The van der Waals surface area contributed by atoms with Crippen LogP contribution in [0.25, 0.3) is 0 Å². The molecule has 2 unspecified atom stereocenters. The first kappa shape index (κ1) is 17.4. The summed E-state index contributed by atoms with van der Waals surface area (Å²) in [5.41, 5.74) is 1.48. The summed E-state index contributed by atoms with van der Waals surface area (Å²) in [5, 5.41) is 6.41. The first-order valence-corrected chi connectivity index (χ1v) is 8.61. The van der Waals surface area contributed by atoms with Gasteiger partial charge in [0, 0.05) is 24.2 Å². The highest BCUT2D eigenvalue weighted by atomic mass is 19.1. The molecule has 1 saturated heterocycles. The summed E-state index contributed by atoms with van der Waals surface area (Å²) in [5.74, 6) is 0.524. The van der Waals surface area contributed by atoms with Crippen LogP contribution in [0.3, 0.4) is 0 Å². The second kappa shape index (κ2) is 8.12. The molecule has 2 aromatic carbocycles. The van der Waals surface area contributed by atoms with E-state index in [4.69, 9.17) is 4.74 Å². The number of rotatable bonds is 5. The Morgan fingerprint density at radius 2 is 2.12 bits per heavy atom. The van der Waals surface area contributed by atoms with Crippen LogP contribution in [0, 0.1) is 11.7 Å². The lowest BCUT2D eigenvalue weighted by atomic mass is 9.94. The average Bonchev–Trinajstić information content (AvgIpc) is 2.62. The number of benzene rings is 2. The maximum absolute atomic E-state index is 13.2. The summed E-state index contributed by atoms with van der Waals surface area (Å²) in [4.78, 5) is 12.5. The first-order chi connectivity index (χ1) is 12.1. The molecule has 0 radical (unpaired) electrons. The normalized spacial score (nSPS) is 20.1. The molecule has 0 aliphatic carbocycles. The van der Waals surface area contributed by atoms with Gasteiger partial charge in [0.15, 0.2) is 0 Å². The van der Waals surface area contributed by atoms with Gasteiger partial charge in [-0.15, -0.1) is 0 Å². The Kier molecular flexibility index (Phi) is 5.66. The van der Waals surface area contributed by atoms with E-state index < -0.39 is 0 Å². The van der Waals surface area contributed by atoms with Crippen molar-refractivity contribution in [2.24, 2.45) is 5.92 Å². The van der Waals surface area contributed by atoms with E-state index in [9.17, 15) is 9.18 Å². The standard InChI is InChI=1S/C20H23FN2O2/c1-14-8-9-22-12-19(14)23-20(24)16-5-2-4-15(10-16)13-25-18-7-3-6-17(21)11-18/h2-7,10-11,14,19,22H,8-9,12-13H2,1H3,(H,23,24). The molecule has 2 N–H and O–H groups in total. The fourth-order valence-electron chi connectivity index (χ4n) is 2.96. The van der Waals surface area contributed by atoms with Crippen molar-refractivity contribution in [3.63, 3.8) is 0 Å². The molecule has 25 heavy (non-hydrogen) atoms. The van der Waals surface area contributed by atoms with Crippen LogP contribution in [0.2, 0.25) is 0 Å². The van der Waals surface area contributed by atoms with Crippen molar-refractivity contribution in [1.29, 1.82) is 0 Å². The van der Waals surface area contributed by atoms with E-state index >= 15 is 0 Å². The van der Waals surface area contributed by atoms with Gasteiger partial charge in [-0.2, -0.15) is 0 Å². The molecule has 4 nitrogen and oxygen atoms in total. The van der Waals surface area contributed by atoms with Crippen LogP contribution in [0.5, 0.6) is 5.75 Å². The zero-order valence-corrected chi connectivity index (χ0v) is 14.3. The van der Waals surface area contributed by atoms with E-state index in [1.165, 1.54) is 12.1 Å². The summed E-state index contributed by atoms with van der Waals surface area (Å²) >= 11 is 0. The predicted molar refractivity (Wildman–Crippen MR) is 95.1 cm³/mol. The van der Waals surface area contributed by atoms with Crippen LogP contribution in [0.1, 0.15) is 29.3 Å². The number of hydrogen-bond acceptors (Lipinski definition) is 3. The van der Waals surface area contributed by atoms with Crippen molar-refractivity contribution >= 4 is 5.91 Å². The van der Waals surface area contributed by atoms with Gasteiger partial charge in [-0.05, 0) is 48.7 Å². The van der Waals surface area contributed by atoms with Crippen LogP contribution >= 0.6 is 0 Å². The smallest absolute Gasteiger partial charge is 0.251 e. The van der Waals surface area contributed by atoms with Gasteiger partial charge in [0.2, 0.25) is 0 Å². The van der Waals surface area contributed by atoms with Crippen molar-refractivity contribution in [2.45, 2.75) is 26.0 Å². The second-order valence-corrected chi connectivity index (χ2v) is 6.50. The molecule has 1 aliphatic heterocycles. The Morgan fingerprint density at radius 3 is 2.92 bits per heavy atom. The Labute approximate surface area is 147 Å². The average molecular weight is 342 g/mol. The summed E-state index contributed by atoms with van der Waals surface area (Å²) < 4.78 is 18.8. The third kappa shape index (κ3) is 4.79. The van der Waals surface area contributed by atoms with Crippen LogP contribution in [0.15, 0.2) is 48.5 Å². The lowest BCUT2D eigenvalue weighted by Gasteiger charge is -2.30. The maximum Gasteiger partial charge on any atom is 0.251 e. The third-order valence-corrected chi connectivity index (χ3v) is 4.53. The Morgan fingerprint density at radius 1 is 1.28 bits per heavy atom. The summed E-state index contributed by atoms with van der Waals surface area (Å²) in [6.45, 7) is 4.25. The van der Waals surface area contributed by atoms with Gasteiger partial charge in [0.05, 0.1) is 0 Å². The van der Waals surface area contributed by atoms with E-state index in [2.05, 4.69) is 17.6 Å². The Balaban J connectivity index is 1.61. The molecule has 1 fully saturated rings. The molecule has 1 amide bonds. The predicted octanol–water partition coefficient (Wildman–Crippen LogP) is 3.13. The van der Waals surface area contributed by atoms with E-state index in [1.54, 1.807) is 18.2 Å². The van der Waals surface area contributed by atoms with Gasteiger partial charge in [0.1, 0.15) is 18.2 Å². The van der Waals surface area contributed by atoms with E-state index in [-0.39, 0.29) is 24.4 Å². The summed E-state index contributed by atoms with van der Waals surface area (Å²) in [7, 11) is 0. The molecule has 0 bridgehead atoms. The molecule has 5 heteroatoms. The van der Waals surface area contributed by atoms with Crippen LogP contribution in [0.4, 0.5) is 4.39 Å². The van der Waals surface area contributed by atoms with Crippen LogP contribution < -0.4 is 15.4 Å². The van der Waals surface area contributed by atoms with Gasteiger partial charge in [-0.25, -0.2) is 4.39 Å². The Hall–Kier alpha value is -2.40. The van der Waals surface area contributed by atoms with Gasteiger partial charge >= 0.3 is 0 Å². The highest BCUT2D eigenvalue weighted by Gasteiger charge is 2.23. The molecule has 132 valence electrons. The highest BCUT2D eigenvalue weighted by molar-refractivity contribution is 5.94. The number of ether oxygens (including phenoxy) is 1. The molecule has 2 atom stereocenters. The molecule has 3 rings (SSSR count). The van der Waals surface area contributed by atoms with E-state index in [0.717, 1.165) is 25.1 Å². The molecular formula is C20H23FN2O2. The molecule has 1 aliphatic rings. The molecule has 0 spiro atoms. The van der Waals surface area contributed by atoms with Crippen molar-refractivity contribution in [2.75, 3.05) is 13.1 Å². The SMILES string of the molecule is CC1CCNCC1NC(=O)c1cccc(COc2cccc(F)c2)c1. The quantitative estimate of drug-likeness (QED) is 0.878. The largest absolute Gasteiger partial charge is 0.489 e. The van der Waals surface area contributed by atoms with Gasteiger partial charge in [0.25, 0.3) is 5.91 Å². The van der Waals surface area contributed by atoms with Gasteiger partial charge in [-0.1, -0.05) is 25.1 Å². The molecular weight excluding hydrogens is 319 g/mol. The second-order valence-electron chi connectivity index (χ2n) is 6.50. The zero-order chi connectivity index (χ0) is 17.6. The zero-order valence-electron chi connectivity index (χ0n) is 14.3.